The van der Waals surface area contributed by atoms with Gasteiger partial charge in [-0.05, 0) is 12.5 Å². The van der Waals surface area contributed by atoms with E-state index >= 15 is 0 Å². The van der Waals surface area contributed by atoms with E-state index in [0.717, 1.165) is 12.8 Å². The second kappa shape index (κ2) is 6.41. The second-order valence-corrected chi connectivity index (χ2v) is 2.38. The van der Waals surface area contributed by atoms with Crippen LogP contribution in [0.2, 0.25) is 0 Å². The molecule has 0 aromatic rings. The Hall–Kier alpha value is -1.30. The van der Waals surface area contributed by atoms with Crippen LogP contribution >= 0.6 is 0 Å². The van der Waals surface area contributed by atoms with Crippen LogP contribution in [0.5, 0.6) is 0 Å². The molecule has 12 heavy (non-hydrogen) atoms. The van der Waals surface area contributed by atoms with Crippen LogP contribution in [0, 0.1) is 11.3 Å². The zero-order valence-corrected chi connectivity index (χ0v) is 7.41. The first-order chi connectivity index (χ1) is 5.70. The van der Waals surface area contributed by atoms with Crippen molar-refractivity contribution in [3.05, 3.63) is 12.2 Å². The van der Waals surface area contributed by atoms with E-state index in [1.807, 2.05) is 19.1 Å². The molecule has 3 nitrogen and oxygen atoms in total. The first-order valence-corrected chi connectivity index (χ1v) is 3.94. The van der Waals surface area contributed by atoms with Crippen molar-refractivity contribution in [2.75, 3.05) is 0 Å². The maximum absolute atomic E-state index is 10.4. The number of nitriles is 1. The van der Waals surface area contributed by atoms with Gasteiger partial charge in [-0.3, -0.25) is 4.79 Å². The summed E-state index contributed by atoms with van der Waals surface area (Å²) in [5, 5.41) is 8.50. The van der Waals surface area contributed by atoms with Crippen LogP contribution in [0.3, 0.4) is 0 Å². The molecular weight excluding hydrogens is 154 g/mol. The number of hydrogen-bond donors (Lipinski definition) is 0. The number of rotatable bonds is 4. The zero-order valence-electron chi connectivity index (χ0n) is 7.41. The van der Waals surface area contributed by atoms with Gasteiger partial charge in [0.25, 0.3) is 0 Å². The molecule has 0 aromatic heterocycles. The van der Waals surface area contributed by atoms with Crippen molar-refractivity contribution < 1.29 is 9.53 Å². The van der Waals surface area contributed by atoms with E-state index in [1.165, 1.54) is 6.92 Å². The molecule has 0 aromatic carbocycles. The summed E-state index contributed by atoms with van der Waals surface area (Å²) in [4.78, 5) is 10.4. The molecule has 1 atom stereocenters. The molecule has 0 saturated heterocycles. The van der Waals surface area contributed by atoms with Gasteiger partial charge < -0.3 is 4.74 Å². The van der Waals surface area contributed by atoms with Gasteiger partial charge in [0.05, 0.1) is 0 Å². The Morgan fingerprint density at radius 2 is 2.42 bits per heavy atom. The van der Waals surface area contributed by atoms with Gasteiger partial charge in [0, 0.05) is 6.92 Å². The normalized spacial score (nSPS) is 12.4. The summed E-state index contributed by atoms with van der Waals surface area (Å²) in [6.07, 6.45) is 4.64. The van der Waals surface area contributed by atoms with Crippen LogP contribution < -0.4 is 0 Å². The molecule has 0 spiro atoms. The molecule has 0 rings (SSSR count). The first-order valence-electron chi connectivity index (χ1n) is 3.94. The number of unbranched alkanes of at least 4 members (excludes halogenated alkanes) is 1. The maximum Gasteiger partial charge on any atom is 0.304 e. The first kappa shape index (κ1) is 10.7. The number of carbonyl (C=O) groups is 1. The topological polar surface area (TPSA) is 50.1 Å². The summed E-state index contributed by atoms with van der Waals surface area (Å²) in [7, 11) is 0. The molecule has 0 aliphatic heterocycles. The largest absolute Gasteiger partial charge is 0.443 e. The van der Waals surface area contributed by atoms with E-state index < -0.39 is 12.1 Å². The number of ether oxygens (including phenoxy) is 1. The molecule has 0 amide bonds. The fraction of sp³-hybridized carbons (Fsp3) is 0.556. The van der Waals surface area contributed by atoms with Crippen LogP contribution in [-0.2, 0) is 9.53 Å². The van der Waals surface area contributed by atoms with Gasteiger partial charge in [-0.15, -0.1) is 0 Å². The fourth-order valence-corrected chi connectivity index (χ4v) is 0.674. The van der Waals surface area contributed by atoms with Crippen LogP contribution in [0.15, 0.2) is 12.2 Å². The third kappa shape index (κ3) is 5.48. The molecule has 3 heteroatoms. The van der Waals surface area contributed by atoms with Crippen molar-refractivity contribution in [2.24, 2.45) is 0 Å². The molecule has 0 fully saturated rings. The summed E-state index contributed by atoms with van der Waals surface area (Å²) < 4.78 is 4.66. The maximum atomic E-state index is 10.4. The Morgan fingerprint density at radius 1 is 1.75 bits per heavy atom. The van der Waals surface area contributed by atoms with Crippen molar-refractivity contribution in [2.45, 2.75) is 32.8 Å². The van der Waals surface area contributed by atoms with Crippen molar-refractivity contribution in [1.29, 1.82) is 5.26 Å². The van der Waals surface area contributed by atoms with Crippen LogP contribution in [0.4, 0.5) is 0 Å². The quantitative estimate of drug-likeness (QED) is 0.474. The summed E-state index contributed by atoms with van der Waals surface area (Å²) >= 11 is 0. The summed E-state index contributed by atoms with van der Waals surface area (Å²) in [5.74, 6) is -0.428. The average Bonchev–Trinajstić information content (AvgIpc) is 2.02. The van der Waals surface area contributed by atoms with Gasteiger partial charge in [0.2, 0.25) is 6.10 Å². The Balaban J connectivity index is 3.84. The Morgan fingerprint density at radius 3 is 2.83 bits per heavy atom. The average molecular weight is 167 g/mol. The lowest BCUT2D eigenvalue weighted by atomic mass is 10.2. The van der Waals surface area contributed by atoms with Crippen molar-refractivity contribution in [3.8, 4) is 6.07 Å². The number of nitrogens with zero attached hydrogens (tertiary/aromatic N) is 1. The highest BCUT2D eigenvalue weighted by molar-refractivity contribution is 5.66. The molecule has 0 heterocycles. The summed E-state index contributed by atoms with van der Waals surface area (Å²) in [6, 6.07) is 1.86. The lowest BCUT2D eigenvalue weighted by Gasteiger charge is -2.02. The predicted octanol–water partition coefficient (Wildman–Crippen LogP) is 1.80. The Labute approximate surface area is 72.6 Å². The van der Waals surface area contributed by atoms with Crippen LogP contribution in [-0.4, -0.2) is 12.1 Å². The van der Waals surface area contributed by atoms with Gasteiger partial charge in [0.1, 0.15) is 6.07 Å². The Bertz CT molecular complexity index is 203. The van der Waals surface area contributed by atoms with E-state index in [4.69, 9.17) is 5.26 Å². The van der Waals surface area contributed by atoms with Crippen LogP contribution in [0.1, 0.15) is 26.7 Å². The zero-order chi connectivity index (χ0) is 9.40. The van der Waals surface area contributed by atoms with E-state index in [1.54, 1.807) is 6.08 Å². The number of allylic oxidation sites excluding steroid dienone is 1. The van der Waals surface area contributed by atoms with Crippen LogP contribution in [0.25, 0.3) is 0 Å². The molecule has 0 radical (unpaired) electrons. The lowest BCUT2D eigenvalue weighted by Crippen LogP contribution is -2.10. The smallest absolute Gasteiger partial charge is 0.304 e. The second-order valence-electron chi connectivity index (χ2n) is 2.38. The third-order valence-corrected chi connectivity index (χ3v) is 1.19. The van der Waals surface area contributed by atoms with Crippen molar-refractivity contribution >= 4 is 5.97 Å². The fourth-order valence-electron chi connectivity index (χ4n) is 0.674. The van der Waals surface area contributed by atoms with E-state index in [-0.39, 0.29) is 0 Å². The molecule has 0 N–H and O–H groups in total. The SMILES string of the molecule is CCC/C=C/[C@H](C#N)OC(C)=O. The summed E-state index contributed by atoms with van der Waals surface area (Å²) in [5.41, 5.74) is 0. The standard InChI is InChI=1S/C9H13NO2/c1-3-4-5-6-9(7-10)12-8(2)11/h5-6,9H,3-4H2,1-2H3/b6-5+/t9-/m1/s1. The minimum Gasteiger partial charge on any atom is -0.443 e. The molecular formula is C9H13NO2. The third-order valence-electron chi connectivity index (χ3n) is 1.19. The van der Waals surface area contributed by atoms with E-state index in [2.05, 4.69) is 4.74 Å². The molecule has 0 bridgehead atoms. The van der Waals surface area contributed by atoms with E-state index in [9.17, 15) is 4.79 Å². The van der Waals surface area contributed by atoms with Gasteiger partial charge in [0.15, 0.2) is 0 Å². The molecule has 0 aliphatic carbocycles. The number of carbonyl (C=O) groups excluding carboxylic acids is 1. The van der Waals surface area contributed by atoms with Gasteiger partial charge in [-0.25, -0.2) is 0 Å². The highest BCUT2D eigenvalue weighted by atomic mass is 16.5. The van der Waals surface area contributed by atoms with Crippen molar-refractivity contribution in [3.63, 3.8) is 0 Å². The molecule has 0 aliphatic rings. The Kier molecular flexibility index (Phi) is 5.72. The lowest BCUT2D eigenvalue weighted by molar-refractivity contribution is -0.142. The molecule has 0 saturated carbocycles. The minimum absolute atomic E-state index is 0.428. The highest BCUT2D eigenvalue weighted by Crippen LogP contribution is 1.96. The van der Waals surface area contributed by atoms with Gasteiger partial charge in [-0.1, -0.05) is 19.4 Å². The van der Waals surface area contributed by atoms with E-state index in [0.29, 0.717) is 0 Å². The van der Waals surface area contributed by atoms with Gasteiger partial charge in [-0.2, -0.15) is 5.26 Å². The predicted molar refractivity (Wildman–Crippen MR) is 45.2 cm³/mol. The molecule has 0 unspecified atom stereocenters. The summed E-state index contributed by atoms with van der Waals surface area (Å²) in [6.45, 7) is 3.33. The monoisotopic (exact) mass is 167 g/mol. The highest BCUT2D eigenvalue weighted by Gasteiger charge is 2.04. The van der Waals surface area contributed by atoms with Gasteiger partial charge >= 0.3 is 5.97 Å². The minimum atomic E-state index is -0.728. The number of hydrogen-bond acceptors (Lipinski definition) is 3. The van der Waals surface area contributed by atoms with Crippen molar-refractivity contribution in [1.82, 2.24) is 0 Å². The number of esters is 1. The molecule has 66 valence electrons.